The van der Waals surface area contributed by atoms with E-state index in [4.69, 9.17) is 4.74 Å². The molecule has 0 aliphatic rings. The number of nitrogens with zero attached hydrogens (tertiary/aromatic N) is 1. The number of amides is 2. The van der Waals surface area contributed by atoms with Gasteiger partial charge in [0.15, 0.2) is 6.61 Å². The SMILES string of the molecule is CC[C@H](C)NC(=O)[C@@H](C)N(CCc1ccccc1)C(=O)COc1ccccc1C(C)(C)C. The molecule has 2 rings (SSSR count). The minimum absolute atomic E-state index is 0.0611. The molecule has 0 aliphatic heterocycles. The van der Waals surface area contributed by atoms with Gasteiger partial charge in [-0.15, -0.1) is 0 Å². The van der Waals surface area contributed by atoms with E-state index in [1.54, 1.807) is 11.8 Å². The molecule has 0 aromatic heterocycles. The maximum absolute atomic E-state index is 13.2. The number of ether oxygens (including phenoxy) is 1. The Hall–Kier alpha value is -2.82. The number of carbonyl (C=O) groups is 2. The van der Waals surface area contributed by atoms with E-state index in [0.717, 1.165) is 17.5 Å². The van der Waals surface area contributed by atoms with E-state index in [2.05, 4.69) is 26.1 Å². The fourth-order valence-electron chi connectivity index (χ4n) is 3.47. The number of rotatable bonds is 10. The van der Waals surface area contributed by atoms with Crippen molar-refractivity contribution in [1.29, 1.82) is 0 Å². The third-order valence-corrected chi connectivity index (χ3v) is 5.70. The molecule has 2 aromatic carbocycles. The van der Waals surface area contributed by atoms with E-state index in [9.17, 15) is 9.59 Å². The largest absolute Gasteiger partial charge is 0.483 e. The Labute approximate surface area is 193 Å². The van der Waals surface area contributed by atoms with Gasteiger partial charge >= 0.3 is 0 Å². The third kappa shape index (κ3) is 7.40. The van der Waals surface area contributed by atoms with Gasteiger partial charge < -0.3 is 15.0 Å². The first kappa shape index (κ1) is 25.4. The molecular weight excluding hydrogens is 400 g/mol. The first-order valence-electron chi connectivity index (χ1n) is 11.5. The Kier molecular flexibility index (Phi) is 9.30. The molecule has 0 saturated heterocycles. The highest BCUT2D eigenvalue weighted by molar-refractivity contribution is 5.88. The lowest BCUT2D eigenvalue weighted by atomic mass is 9.86. The van der Waals surface area contributed by atoms with Gasteiger partial charge in [0.25, 0.3) is 5.91 Å². The normalized spacial score (nSPS) is 13.2. The highest BCUT2D eigenvalue weighted by atomic mass is 16.5. The topological polar surface area (TPSA) is 58.6 Å². The maximum atomic E-state index is 13.2. The molecule has 32 heavy (non-hydrogen) atoms. The van der Waals surface area contributed by atoms with Crippen molar-refractivity contribution in [3.8, 4) is 5.75 Å². The van der Waals surface area contributed by atoms with Crippen LogP contribution in [-0.2, 0) is 21.4 Å². The van der Waals surface area contributed by atoms with Crippen molar-refractivity contribution in [2.75, 3.05) is 13.2 Å². The molecule has 2 amide bonds. The van der Waals surface area contributed by atoms with Crippen LogP contribution in [0.25, 0.3) is 0 Å². The van der Waals surface area contributed by atoms with Crippen molar-refractivity contribution in [2.45, 2.75) is 71.9 Å². The molecule has 0 aliphatic carbocycles. The average molecular weight is 439 g/mol. The van der Waals surface area contributed by atoms with Gasteiger partial charge in [-0.25, -0.2) is 0 Å². The van der Waals surface area contributed by atoms with Gasteiger partial charge in [-0.05, 0) is 49.3 Å². The first-order valence-corrected chi connectivity index (χ1v) is 11.5. The van der Waals surface area contributed by atoms with Gasteiger partial charge in [-0.3, -0.25) is 9.59 Å². The van der Waals surface area contributed by atoms with Crippen molar-refractivity contribution in [3.05, 3.63) is 65.7 Å². The molecule has 2 aromatic rings. The lowest BCUT2D eigenvalue weighted by molar-refractivity contribution is -0.141. The molecule has 1 N–H and O–H groups in total. The second-order valence-corrected chi connectivity index (χ2v) is 9.35. The molecule has 0 radical (unpaired) electrons. The Bertz CT molecular complexity index is 874. The predicted octanol–water partition coefficient (Wildman–Crippen LogP) is 4.74. The van der Waals surface area contributed by atoms with Gasteiger partial charge in [-0.2, -0.15) is 0 Å². The molecule has 0 fully saturated rings. The van der Waals surface area contributed by atoms with Gasteiger partial charge in [0.2, 0.25) is 5.91 Å². The quantitative estimate of drug-likeness (QED) is 0.583. The van der Waals surface area contributed by atoms with Crippen molar-refractivity contribution in [1.82, 2.24) is 10.2 Å². The third-order valence-electron chi connectivity index (χ3n) is 5.70. The number of hydrogen-bond acceptors (Lipinski definition) is 3. The summed E-state index contributed by atoms with van der Waals surface area (Å²) in [5.74, 6) is 0.361. The Morgan fingerprint density at radius 3 is 2.25 bits per heavy atom. The van der Waals surface area contributed by atoms with E-state index in [-0.39, 0.29) is 29.9 Å². The smallest absolute Gasteiger partial charge is 0.261 e. The van der Waals surface area contributed by atoms with Crippen LogP contribution in [0.15, 0.2) is 54.6 Å². The molecule has 0 heterocycles. The summed E-state index contributed by atoms with van der Waals surface area (Å²) in [5, 5.41) is 2.99. The summed E-state index contributed by atoms with van der Waals surface area (Å²) in [7, 11) is 0. The Morgan fingerprint density at radius 1 is 1.00 bits per heavy atom. The van der Waals surface area contributed by atoms with Crippen LogP contribution >= 0.6 is 0 Å². The minimum atomic E-state index is -0.582. The van der Waals surface area contributed by atoms with Crippen LogP contribution in [0, 0.1) is 0 Å². The van der Waals surface area contributed by atoms with Crippen LogP contribution in [-0.4, -0.2) is 41.9 Å². The maximum Gasteiger partial charge on any atom is 0.261 e. The zero-order chi connectivity index (χ0) is 23.7. The van der Waals surface area contributed by atoms with E-state index in [0.29, 0.717) is 18.7 Å². The molecule has 0 unspecified atom stereocenters. The number of nitrogens with one attached hydrogen (secondary N) is 1. The number of hydrogen-bond donors (Lipinski definition) is 1. The summed E-state index contributed by atoms with van der Waals surface area (Å²) in [6.45, 7) is 12.5. The van der Waals surface area contributed by atoms with Crippen LogP contribution in [0.4, 0.5) is 0 Å². The Balaban J connectivity index is 2.15. The standard InChI is InChI=1S/C27H38N2O3/c1-7-20(2)28-26(31)21(3)29(18-17-22-13-9-8-10-14-22)25(30)19-32-24-16-12-11-15-23(24)27(4,5)6/h8-16,20-21H,7,17-19H2,1-6H3,(H,28,31)/t20-,21+/m0/s1. The van der Waals surface area contributed by atoms with Gasteiger partial charge in [0.05, 0.1) is 0 Å². The summed E-state index contributed by atoms with van der Waals surface area (Å²) < 4.78 is 5.97. The van der Waals surface area contributed by atoms with Crippen LogP contribution in [0.2, 0.25) is 0 Å². The average Bonchev–Trinajstić information content (AvgIpc) is 2.77. The van der Waals surface area contributed by atoms with E-state index < -0.39 is 6.04 Å². The molecule has 0 spiro atoms. The zero-order valence-electron chi connectivity index (χ0n) is 20.4. The van der Waals surface area contributed by atoms with Crippen LogP contribution < -0.4 is 10.1 Å². The molecular formula is C27H38N2O3. The molecule has 5 nitrogen and oxygen atoms in total. The summed E-state index contributed by atoms with van der Waals surface area (Å²) in [4.78, 5) is 27.6. The highest BCUT2D eigenvalue weighted by Crippen LogP contribution is 2.30. The van der Waals surface area contributed by atoms with Crippen molar-refractivity contribution >= 4 is 11.8 Å². The van der Waals surface area contributed by atoms with Crippen molar-refractivity contribution < 1.29 is 14.3 Å². The van der Waals surface area contributed by atoms with Gasteiger partial charge in [0, 0.05) is 12.6 Å². The fraction of sp³-hybridized carbons (Fsp3) is 0.481. The predicted molar refractivity (Wildman–Crippen MR) is 130 cm³/mol. The van der Waals surface area contributed by atoms with Crippen LogP contribution in [0.1, 0.15) is 59.1 Å². The first-order chi connectivity index (χ1) is 15.1. The van der Waals surface area contributed by atoms with Gasteiger partial charge in [-0.1, -0.05) is 76.2 Å². The molecule has 174 valence electrons. The second kappa shape index (κ2) is 11.7. The van der Waals surface area contributed by atoms with E-state index in [1.807, 2.05) is 68.4 Å². The zero-order valence-corrected chi connectivity index (χ0v) is 20.4. The fourth-order valence-corrected chi connectivity index (χ4v) is 3.47. The highest BCUT2D eigenvalue weighted by Gasteiger charge is 2.27. The lowest BCUT2D eigenvalue weighted by Gasteiger charge is -2.30. The molecule has 0 bridgehead atoms. The van der Waals surface area contributed by atoms with Crippen molar-refractivity contribution in [2.24, 2.45) is 0 Å². The van der Waals surface area contributed by atoms with Crippen LogP contribution in [0.5, 0.6) is 5.75 Å². The van der Waals surface area contributed by atoms with Crippen molar-refractivity contribution in [3.63, 3.8) is 0 Å². The summed E-state index contributed by atoms with van der Waals surface area (Å²) >= 11 is 0. The van der Waals surface area contributed by atoms with Crippen LogP contribution in [0.3, 0.4) is 0 Å². The second-order valence-electron chi connectivity index (χ2n) is 9.35. The van der Waals surface area contributed by atoms with E-state index in [1.165, 1.54) is 0 Å². The number of benzene rings is 2. The minimum Gasteiger partial charge on any atom is -0.483 e. The lowest BCUT2D eigenvalue weighted by Crippen LogP contribution is -2.51. The molecule has 2 atom stereocenters. The van der Waals surface area contributed by atoms with E-state index >= 15 is 0 Å². The number of para-hydroxylation sites is 1. The summed E-state index contributed by atoms with van der Waals surface area (Å²) in [6, 6.07) is 17.3. The summed E-state index contributed by atoms with van der Waals surface area (Å²) in [5.41, 5.74) is 2.07. The van der Waals surface area contributed by atoms with Gasteiger partial charge in [0.1, 0.15) is 11.8 Å². The monoisotopic (exact) mass is 438 g/mol. The summed E-state index contributed by atoms with van der Waals surface area (Å²) in [6.07, 6.45) is 1.51. The molecule has 0 saturated carbocycles. The number of carbonyl (C=O) groups excluding carboxylic acids is 2. The molecule has 5 heteroatoms. The Morgan fingerprint density at radius 2 is 1.62 bits per heavy atom.